The zero-order valence-electron chi connectivity index (χ0n) is 12.7. The largest absolute Gasteiger partial charge is 0.289 e. The summed E-state index contributed by atoms with van der Waals surface area (Å²) in [5.74, 6) is -0.119. The Morgan fingerprint density at radius 2 is 1.12 bits per heavy atom. The van der Waals surface area contributed by atoms with Crippen LogP contribution in [0.2, 0.25) is 0 Å². The summed E-state index contributed by atoms with van der Waals surface area (Å²) >= 11 is 0. The van der Waals surface area contributed by atoms with Crippen LogP contribution in [-0.2, 0) is 4.79 Å². The van der Waals surface area contributed by atoms with Gasteiger partial charge >= 0.3 is 0 Å². The van der Waals surface area contributed by atoms with Gasteiger partial charge in [-0.15, -0.1) is 0 Å². The number of Topliss-reactive ketones (excluding diaryl/α,β-unsaturated/α-hetero) is 1. The number of rotatable bonds is 2. The van der Waals surface area contributed by atoms with Crippen LogP contribution < -0.4 is 0 Å². The fourth-order valence-electron chi connectivity index (χ4n) is 2.59. The molecule has 3 heteroatoms. The van der Waals surface area contributed by atoms with Gasteiger partial charge in [-0.2, -0.15) is 10.5 Å². The predicted octanol–water partition coefficient (Wildman–Crippen LogP) is 4.08. The normalized spacial score (nSPS) is 13.4. The predicted molar refractivity (Wildman–Crippen MR) is 92.1 cm³/mol. The van der Waals surface area contributed by atoms with E-state index >= 15 is 0 Å². The summed E-state index contributed by atoms with van der Waals surface area (Å²) in [5.41, 5.74) is 2.93. The summed E-state index contributed by atoms with van der Waals surface area (Å²) in [6.07, 6.45) is 3.23. The Kier molecular flexibility index (Phi) is 4.19. The zero-order chi connectivity index (χ0) is 16.9. The van der Waals surface area contributed by atoms with Gasteiger partial charge in [0, 0.05) is 16.7 Å². The van der Waals surface area contributed by atoms with Crippen molar-refractivity contribution in [1.82, 2.24) is 0 Å². The second kappa shape index (κ2) is 6.60. The molecular formula is C21H12N2O. The van der Waals surface area contributed by atoms with Gasteiger partial charge in [0.25, 0.3) is 0 Å². The van der Waals surface area contributed by atoms with Crippen LogP contribution >= 0.6 is 0 Å². The van der Waals surface area contributed by atoms with E-state index in [9.17, 15) is 15.3 Å². The van der Waals surface area contributed by atoms with Crippen molar-refractivity contribution in [2.24, 2.45) is 0 Å². The molecule has 2 aromatic rings. The van der Waals surface area contributed by atoms with E-state index in [1.165, 1.54) is 0 Å². The summed E-state index contributed by atoms with van der Waals surface area (Å²) in [5, 5.41) is 18.4. The second-order valence-electron chi connectivity index (χ2n) is 5.23. The number of carbonyl (C=O) groups excluding carboxylic acids is 1. The van der Waals surface area contributed by atoms with E-state index in [0.717, 1.165) is 11.1 Å². The minimum atomic E-state index is -0.119. The Morgan fingerprint density at radius 1 is 0.708 bits per heavy atom. The van der Waals surface area contributed by atoms with E-state index in [0.29, 0.717) is 16.7 Å². The molecule has 0 spiro atoms. The molecule has 0 N–H and O–H groups in total. The van der Waals surface area contributed by atoms with Crippen molar-refractivity contribution in [1.29, 1.82) is 10.5 Å². The first-order valence-electron chi connectivity index (χ1n) is 7.38. The summed E-state index contributed by atoms with van der Waals surface area (Å²) in [6, 6.07) is 22.3. The van der Waals surface area contributed by atoms with E-state index in [2.05, 4.69) is 0 Å². The number of hydrogen-bond donors (Lipinski definition) is 0. The molecule has 0 amide bonds. The molecule has 3 nitrogen and oxygen atoms in total. The average Bonchev–Trinajstić information content (AvgIpc) is 2.65. The van der Waals surface area contributed by atoms with Crippen molar-refractivity contribution in [2.75, 3.05) is 0 Å². The Bertz CT molecular complexity index is 888. The maximum Gasteiger partial charge on any atom is 0.194 e. The molecule has 2 aromatic carbocycles. The highest BCUT2D eigenvalue weighted by atomic mass is 16.1. The third kappa shape index (κ3) is 2.79. The number of carbonyl (C=O) groups is 1. The maximum atomic E-state index is 12.9. The standard InChI is InChI=1S/C21H12N2O/c22-13-18(14-23)17-11-19(15-7-3-1-4-8-15)21(24)20(12-17)16-9-5-2-6-10-16/h1-12H. The second-order valence-corrected chi connectivity index (χ2v) is 5.23. The number of hydrogen-bond acceptors (Lipinski definition) is 3. The lowest BCUT2D eigenvalue weighted by Crippen LogP contribution is -2.10. The SMILES string of the molecule is N#CC(C#N)=C1C=C(c2ccccc2)C(=O)C(c2ccccc2)=C1. The van der Waals surface area contributed by atoms with E-state index in [1.54, 1.807) is 12.2 Å². The first-order chi connectivity index (χ1) is 11.7. The summed E-state index contributed by atoms with van der Waals surface area (Å²) in [7, 11) is 0. The topological polar surface area (TPSA) is 64.7 Å². The van der Waals surface area contributed by atoms with Crippen molar-refractivity contribution < 1.29 is 4.79 Å². The third-order valence-corrected chi connectivity index (χ3v) is 3.77. The molecule has 0 bridgehead atoms. The van der Waals surface area contributed by atoms with E-state index in [-0.39, 0.29) is 11.4 Å². The molecule has 0 atom stereocenters. The molecule has 0 saturated carbocycles. The summed E-state index contributed by atoms with van der Waals surface area (Å²) in [6.45, 7) is 0. The van der Waals surface area contributed by atoms with Crippen LogP contribution in [0.4, 0.5) is 0 Å². The Hall–Kier alpha value is -3.69. The van der Waals surface area contributed by atoms with Crippen LogP contribution in [0.5, 0.6) is 0 Å². The molecule has 1 aliphatic rings. The van der Waals surface area contributed by atoms with Gasteiger partial charge in [-0.3, -0.25) is 4.79 Å². The van der Waals surface area contributed by atoms with Crippen LogP contribution in [-0.4, -0.2) is 5.78 Å². The Morgan fingerprint density at radius 3 is 1.50 bits per heavy atom. The number of nitriles is 2. The zero-order valence-corrected chi connectivity index (χ0v) is 12.7. The monoisotopic (exact) mass is 308 g/mol. The van der Waals surface area contributed by atoms with Crippen LogP contribution in [0.25, 0.3) is 11.1 Å². The molecule has 24 heavy (non-hydrogen) atoms. The van der Waals surface area contributed by atoms with Gasteiger partial charge in [-0.05, 0) is 23.3 Å². The van der Waals surface area contributed by atoms with Crippen molar-refractivity contribution in [2.45, 2.75) is 0 Å². The van der Waals surface area contributed by atoms with Crippen LogP contribution in [0.15, 0.2) is 84.0 Å². The summed E-state index contributed by atoms with van der Waals surface area (Å²) in [4.78, 5) is 12.9. The molecule has 0 fully saturated rings. The molecule has 0 unspecified atom stereocenters. The molecule has 0 radical (unpaired) electrons. The van der Waals surface area contributed by atoms with Gasteiger partial charge in [-0.1, -0.05) is 60.7 Å². The molecular weight excluding hydrogens is 296 g/mol. The highest BCUT2D eigenvalue weighted by Crippen LogP contribution is 2.32. The number of nitrogens with zero attached hydrogens (tertiary/aromatic N) is 2. The maximum absolute atomic E-state index is 12.9. The van der Waals surface area contributed by atoms with Gasteiger partial charge in [0.05, 0.1) is 0 Å². The first-order valence-corrected chi connectivity index (χ1v) is 7.38. The molecule has 112 valence electrons. The smallest absolute Gasteiger partial charge is 0.194 e. The van der Waals surface area contributed by atoms with E-state index in [4.69, 9.17) is 0 Å². The average molecular weight is 308 g/mol. The van der Waals surface area contributed by atoms with Gasteiger partial charge in [0.15, 0.2) is 5.78 Å². The quantitative estimate of drug-likeness (QED) is 0.785. The summed E-state index contributed by atoms with van der Waals surface area (Å²) < 4.78 is 0. The fourth-order valence-corrected chi connectivity index (χ4v) is 2.59. The van der Waals surface area contributed by atoms with Crippen LogP contribution in [0.3, 0.4) is 0 Å². The third-order valence-electron chi connectivity index (χ3n) is 3.77. The lowest BCUT2D eigenvalue weighted by Gasteiger charge is -2.16. The van der Waals surface area contributed by atoms with Crippen molar-refractivity contribution in [3.05, 3.63) is 95.1 Å². The molecule has 0 aliphatic heterocycles. The number of benzene rings is 2. The highest BCUT2D eigenvalue weighted by Gasteiger charge is 2.23. The lowest BCUT2D eigenvalue weighted by atomic mass is 9.85. The Balaban J connectivity index is 2.23. The van der Waals surface area contributed by atoms with Crippen molar-refractivity contribution >= 4 is 16.9 Å². The Labute approximate surface area is 140 Å². The van der Waals surface area contributed by atoms with Crippen LogP contribution in [0, 0.1) is 22.7 Å². The molecule has 1 aliphatic carbocycles. The molecule has 3 rings (SSSR count). The van der Waals surface area contributed by atoms with E-state index < -0.39 is 0 Å². The van der Waals surface area contributed by atoms with Crippen LogP contribution in [0.1, 0.15) is 11.1 Å². The van der Waals surface area contributed by atoms with Crippen molar-refractivity contribution in [3.63, 3.8) is 0 Å². The van der Waals surface area contributed by atoms with Gasteiger partial charge in [0.1, 0.15) is 17.7 Å². The minimum Gasteiger partial charge on any atom is -0.289 e. The fraction of sp³-hybridized carbons (Fsp3) is 0. The molecule has 0 heterocycles. The number of ketones is 1. The number of allylic oxidation sites excluding steroid dienone is 6. The highest BCUT2D eigenvalue weighted by molar-refractivity contribution is 6.43. The minimum absolute atomic E-state index is 0.00985. The van der Waals surface area contributed by atoms with Gasteiger partial charge in [-0.25, -0.2) is 0 Å². The molecule has 0 saturated heterocycles. The molecule has 0 aromatic heterocycles. The van der Waals surface area contributed by atoms with E-state index in [1.807, 2.05) is 72.8 Å². The van der Waals surface area contributed by atoms with Crippen molar-refractivity contribution in [3.8, 4) is 12.1 Å². The lowest BCUT2D eigenvalue weighted by molar-refractivity contribution is -0.108. The first kappa shape index (κ1) is 15.2. The van der Waals surface area contributed by atoms with Gasteiger partial charge < -0.3 is 0 Å². The van der Waals surface area contributed by atoms with Gasteiger partial charge in [0.2, 0.25) is 0 Å².